The van der Waals surface area contributed by atoms with Crippen molar-refractivity contribution in [1.82, 2.24) is 10.3 Å². The van der Waals surface area contributed by atoms with Crippen molar-refractivity contribution in [2.45, 2.75) is 26.7 Å². The van der Waals surface area contributed by atoms with Gasteiger partial charge in [0, 0.05) is 24.3 Å². The van der Waals surface area contributed by atoms with Crippen LogP contribution in [0.15, 0.2) is 12.1 Å². The van der Waals surface area contributed by atoms with Gasteiger partial charge in [-0.05, 0) is 50.8 Å². The summed E-state index contributed by atoms with van der Waals surface area (Å²) >= 11 is 1.84. The number of pyridine rings is 1. The average molecular weight is 281 g/mol. The molecule has 1 amide bonds. The number of nitrogens with one attached hydrogen (secondary N) is 2. The zero-order valence-corrected chi connectivity index (χ0v) is 12.8. The van der Waals surface area contributed by atoms with Crippen LogP contribution in [0.2, 0.25) is 0 Å². The second-order valence-corrected chi connectivity index (χ2v) is 5.35. The topological polar surface area (TPSA) is 54.0 Å². The molecule has 2 N–H and O–H groups in total. The minimum atomic E-state index is -0.0196. The zero-order valence-electron chi connectivity index (χ0n) is 12.0. The van der Waals surface area contributed by atoms with Crippen molar-refractivity contribution in [2.75, 3.05) is 30.4 Å². The Bertz CT molecular complexity index is 410. The van der Waals surface area contributed by atoms with Gasteiger partial charge in [0.05, 0.1) is 0 Å². The molecule has 106 valence electrons. The molecule has 0 aliphatic carbocycles. The third-order valence-corrected chi connectivity index (χ3v) is 3.33. The maximum atomic E-state index is 12.0. The molecule has 1 aromatic rings. The smallest absolute Gasteiger partial charge is 0.251 e. The Morgan fingerprint density at radius 1 is 1.37 bits per heavy atom. The number of amides is 1. The van der Waals surface area contributed by atoms with Crippen molar-refractivity contribution in [2.24, 2.45) is 0 Å². The summed E-state index contributed by atoms with van der Waals surface area (Å²) in [4.78, 5) is 16.3. The molecule has 19 heavy (non-hydrogen) atoms. The minimum Gasteiger partial charge on any atom is -0.370 e. The zero-order chi connectivity index (χ0) is 14.1. The molecule has 0 spiro atoms. The number of carbonyl (C=O) groups excluding carboxylic acids is 1. The van der Waals surface area contributed by atoms with E-state index in [1.54, 1.807) is 6.07 Å². The molecule has 1 heterocycles. The summed E-state index contributed by atoms with van der Waals surface area (Å²) in [6.45, 7) is 5.44. The number of anilines is 1. The van der Waals surface area contributed by atoms with Gasteiger partial charge in [-0.3, -0.25) is 4.79 Å². The van der Waals surface area contributed by atoms with Crippen molar-refractivity contribution in [3.8, 4) is 0 Å². The number of rotatable bonds is 8. The van der Waals surface area contributed by atoms with E-state index in [0.29, 0.717) is 5.56 Å². The lowest BCUT2D eigenvalue weighted by Gasteiger charge is -2.08. The molecular formula is C14H23N3OS. The molecule has 0 aliphatic rings. The van der Waals surface area contributed by atoms with Gasteiger partial charge in [0.15, 0.2) is 0 Å². The van der Waals surface area contributed by atoms with Gasteiger partial charge in [0.2, 0.25) is 0 Å². The van der Waals surface area contributed by atoms with Crippen LogP contribution in [-0.2, 0) is 0 Å². The van der Waals surface area contributed by atoms with E-state index in [1.807, 2.05) is 31.7 Å². The highest BCUT2D eigenvalue weighted by molar-refractivity contribution is 7.98. The highest BCUT2D eigenvalue weighted by Crippen LogP contribution is 2.10. The van der Waals surface area contributed by atoms with E-state index < -0.39 is 0 Å². The monoisotopic (exact) mass is 281 g/mol. The third kappa shape index (κ3) is 5.96. The lowest BCUT2D eigenvalue weighted by molar-refractivity contribution is 0.0953. The number of unbranched alkanes of at least 4 members (excludes halogenated alkanes) is 1. The molecule has 1 aromatic heterocycles. The second kappa shape index (κ2) is 8.80. The maximum Gasteiger partial charge on any atom is 0.251 e. The van der Waals surface area contributed by atoms with Gasteiger partial charge in [-0.25, -0.2) is 4.98 Å². The number of hydrogen-bond acceptors (Lipinski definition) is 4. The van der Waals surface area contributed by atoms with Crippen LogP contribution < -0.4 is 10.6 Å². The van der Waals surface area contributed by atoms with Gasteiger partial charge in [0.1, 0.15) is 5.82 Å². The molecule has 0 radical (unpaired) electrons. The first-order valence-electron chi connectivity index (χ1n) is 6.67. The maximum absolute atomic E-state index is 12.0. The first-order valence-corrected chi connectivity index (χ1v) is 8.06. The number of hydrogen-bond donors (Lipinski definition) is 2. The number of thioether (sulfide) groups is 1. The first-order chi connectivity index (χ1) is 9.17. The van der Waals surface area contributed by atoms with Crippen molar-refractivity contribution < 1.29 is 4.79 Å². The molecule has 0 aliphatic heterocycles. The van der Waals surface area contributed by atoms with Crippen LogP contribution in [0, 0.1) is 6.92 Å². The number of aromatic nitrogens is 1. The van der Waals surface area contributed by atoms with Crippen molar-refractivity contribution >= 4 is 23.5 Å². The minimum absolute atomic E-state index is 0.0196. The Morgan fingerprint density at radius 3 is 2.84 bits per heavy atom. The molecular weight excluding hydrogens is 258 g/mol. The Morgan fingerprint density at radius 2 is 2.16 bits per heavy atom. The quantitative estimate of drug-likeness (QED) is 0.719. The highest BCUT2D eigenvalue weighted by atomic mass is 32.2. The summed E-state index contributed by atoms with van der Waals surface area (Å²) in [5, 5.41) is 6.08. The van der Waals surface area contributed by atoms with E-state index in [4.69, 9.17) is 0 Å². The van der Waals surface area contributed by atoms with Crippen LogP contribution >= 0.6 is 11.8 Å². The Hall–Kier alpha value is -1.23. The Labute approximate surface area is 119 Å². The summed E-state index contributed by atoms with van der Waals surface area (Å²) in [7, 11) is 0. The van der Waals surface area contributed by atoms with Crippen LogP contribution in [0.25, 0.3) is 0 Å². The van der Waals surface area contributed by atoms with Crippen LogP contribution in [-0.4, -0.2) is 36.0 Å². The molecule has 0 fully saturated rings. The van der Waals surface area contributed by atoms with Crippen molar-refractivity contribution in [1.29, 1.82) is 0 Å². The Balaban J connectivity index is 2.51. The van der Waals surface area contributed by atoms with Crippen LogP contribution in [0.1, 0.15) is 35.8 Å². The Kier molecular flexibility index (Phi) is 7.33. The lowest BCUT2D eigenvalue weighted by Crippen LogP contribution is -2.25. The van der Waals surface area contributed by atoms with Gasteiger partial charge in [0.25, 0.3) is 5.91 Å². The lowest BCUT2D eigenvalue weighted by atomic mass is 10.2. The molecule has 4 nitrogen and oxygen atoms in total. The molecule has 0 saturated carbocycles. The van der Waals surface area contributed by atoms with E-state index in [1.165, 1.54) is 0 Å². The molecule has 1 rings (SSSR count). The van der Waals surface area contributed by atoms with E-state index >= 15 is 0 Å². The number of nitrogens with zero attached hydrogens (tertiary/aromatic N) is 1. The fourth-order valence-corrected chi connectivity index (χ4v) is 2.24. The van der Waals surface area contributed by atoms with Crippen LogP contribution in [0.3, 0.4) is 0 Å². The van der Waals surface area contributed by atoms with Crippen molar-refractivity contribution in [3.05, 3.63) is 23.4 Å². The third-order valence-electron chi connectivity index (χ3n) is 2.63. The normalized spacial score (nSPS) is 10.3. The van der Waals surface area contributed by atoms with E-state index in [9.17, 15) is 4.79 Å². The molecule has 0 atom stereocenters. The first kappa shape index (κ1) is 15.8. The molecule has 0 bridgehead atoms. The summed E-state index contributed by atoms with van der Waals surface area (Å²) in [5.41, 5.74) is 1.53. The average Bonchev–Trinajstić information content (AvgIpc) is 2.38. The van der Waals surface area contributed by atoms with Crippen LogP contribution in [0.4, 0.5) is 5.82 Å². The predicted octanol–water partition coefficient (Wildman–Crippen LogP) is 2.69. The van der Waals surface area contributed by atoms with Gasteiger partial charge in [-0.15, -0.1) is 0 Å². The summed E-state index contributed by atoms with van der Waals surface area (Å²) < 4.78 is 0. The molecule has 0 saturated heterocycles. The van der Waals surface area contributed by atoms with Gasteiger partial charge in [-0.1, -0.05) is 0 Å². The summed E-state index contributed by atoms with van der Waals surface area (Å²) in [6, 6.07) is 3.62. The van der Waals surface area contributed by atoms with Crippen molar-refractivity contribution in [3.63, 3.8) is 0 Å². The summed E-state index contributed by atoms with van der Waals surface area (Å²) in [5.74, 6) is 1.89. The summed E-state index contributed by atoms with van der Waals surface area (Å²) in [6.07, 6.45) is 4.26. The van der Waals surface area contributed by atoms with E-state index in [2.05, 4.69) is 21.9 Å². The van der Waals surface area contributed by atoms with Crippen LogP contribution in [0.5, 0.6) is 0 Å². The molecule has 5 heteroatoms. The van der Waals surface area contributed by atoms with E-state index in [0.717, 1.165) is 43.2 Å². The fourth-order valence-electron chi connectivity index (χ4n) is 1.75. The van der Waals surface area contributed by atoms with Gasteiger partial charge < -0.3 is 10.6 Å². The largest absolute Gasteiger partial charge is 0.370 e. The molecule has 0 unspecified atom stereocenters. The number of carbonyl (C=O) groups is 1. The SMILES string of the molecule is CCNc1cc(C(=O)NCCCCSC)cc(C)n1. The van der Waals surface area contributed by atoms with Gasteiger partial charge >= 0.3 is 0 Å². The molecule has 0 aromatic carbocycles. The van der Waals surface area contributed by atoms with Gasteiger partial charge in [-0.2, -0.15) is 11.8 Å². The highest BCUT2D eigenvalue weighted by Gasteiger charge is 2.07. The standard InChI is InChI=1S/C14H23N3OS/c1-4-15-13-10-12(9-11(2)17-13)14(18)16-7-5-6-8-19-3/h9-10H,4-8H2,1-3H3,(H,15,17)(H,16,18). The van der Waals surface area contributed by atoms with E-state index in [-0.39, 0.29) is 5.91 Å². The fraction of sp³-hybridized carbons (Fsp3) is 0.571. The number of aryl methyl sites for hydroxylation is 1. The predicted molar refractivity (Wildman–Crippen MR) is 83.1 cm³/mol. The second-order valence-electron chi connectivity index (χ2n) is 4.37.